The standard InChI is InChI=1S/C14H26N2O3/c1-5-12(13(17)18)7-15-14(19)16-8-9(2)6-10(3)11(16)4/h9-12H,5-8H2,1-4H3,(H,15,19)(H,17,18). The zero-order valence-electron chi connectivity index (χ0n) is 12.3. The van der Waals surface area contributed by atoms with Crippen LogP contribution in [0.25, 0.3) is 0 Å². The van der Waals surface area contributed by atoms with E-state index in [0.717, 1.165) is 13.0 Å². The number of carbonyl (C=O) groups is 2. The van der Waals surface area contributed by atoms with Gasteiger partial charge >= 0.3 is 12.0 Å². The van der Waals surface area contributed by atoms with Gasteiger partial charge in [0.1, 0.15) is 0 Å². The van der Waals surface area contributed by atoms with Crippen LogP contribution in [0, 0.1) is 17.8 Å². The Bertz CT molecular complexity index is 333. The number of piperidine rings is 1. The van der Waals surface area contributed by atoms with Crippen molar-refractivity contribution in [3.63, 3.8) is 0 Å². The molecule has 4 unspecified atom stereocenters. The van der Waals surface area contributed by atoms with E-state index < -0.39 is 11.9 Å². The predicted octanol–water partition coefficient (Wildman–Crippen LogP) is 2.17. The first-order chi connectivity index (χ1) is 8.86. The van der Waals surface area contributed by atoms with Crippen LogP contribution in [0.3, 0.4) is 0 Å². The van der Waals surface area contributed by atoms with Crippen molar-refractivity contribution in [3.05, 3.63) is 0 Å². The minimum atomic E-state index is -0.851. The quantitative estimate of drug-likeness (QED) is 0.822. The second kappa shape index (κ2) is 6.78. The van der Waals surface area contributed by atoms with Gasteiger partial charge < -0.3 is 15.3 Å². The Labute approximate surface area is 115 Å². The highest BCUT2D eigenvalue weighted by molar-refractivity contribution is 5.76. The third-order valence-electron chi connectivity index (χ3n) is 4.20. The number of nitrogens with zero attached hydrogens (tertiary/aromatic N) is 1. The Morgan fingerprint density at radius 3 is 2.53 bits per heavy atom. The van der Waals surface area contributed by atoms with E-state index >= 15 is 0 Å². The maximum Gasteiger partial charge on any atom is 0.317 e. The van der Waals surface area contributed by atoms with E-state index in [4.69, 9.17) is 5.11 Å². The number of aliphatic carboxylic acids is 1. The highest BCUT2D eigenvalue weighted by Crippen LogP contribution is 2.26. The largest absolute Gasteiger partial charge is 0.481 e. The summed E-state index contributed by atoms with van der Waals surface area (Å²) in [6.07, 6.45) is 1.66. The van der Waals surface area contributed by atoms with Gasteiger partial charge in [0.05, 0.1) is 5.92 Å². The molecule has 1 saturated heterocycles. The molecule has 0 saturated carbocycles. The zero-order chi connectivity index (χ0) is 14.6. The number of carbonyl (C=O) groups excluding carboxylic acids is 1. The molecule has 1 aliphatic rings. The molecular weight excluding hydrogens is 244 g/mol. The molecule has 0 radical (unpaired) electrons. The third-order valence-corrected chi connectivity index (χ3v) is 4.20. The van der Waals surface area contributed by atoms with Crippen LogP contribution in [-0.4, -0.2) is 41.1 Å². The first kappa shape index (κ1) is 15.8. The van der Waals surface area contributed by atoms with E-state index in [1.54, 1.807) is 0 Å². The predicted molar refractivity (Wildman–Crippen MR) is 73.9 cm³/mol. The molecule has 1 aliphatic heterocycles. The van der Waals surface area contributed by atoms with Gasteiger partial charge in [0, 0.05) is 19.1 Å². The summed E-state index contributed by atoms with van der Waals surface area (Å²) in [5.74, 6) is -0.371. The van der Waals surface area contributed by atoms with Crippen molar-refractivity contribution in [1.29, 1.82) is 0 Å². The Kier molecular flexibility index (Phi) is 5.63. The lowest BCUT2D eigenvalue weighted by molar-refractivity contribution is -0.141. The maximum atomic E-state index is 12.2. The molecule has 19 heavy (non-hydrogen) atoms. The van der Waals surface area contributed by atoms with Gasteiger partial charge in [-0.3, -0.25) is 4.79 Å². The average molecular weight is 270 g/mol. The summed E-state index contributed by atoms with van der Waals surface area (Å²) < 4.78 is 0. The number of amides is 2. The topological polar surface area (TPSA) is 69.6 Å². The van der Waals surface area contributed by atoms with Crippen molar-refractivity contribution < 1.29 is 14.7 Å². The van der Waals surface area contributed by atoms with Crippen molar-refractivity contribution in [3.8, 4) is 0 Å². The number of hydrogen-bond acceptors (Lipinski definition) is 2. The van der Waals surface area contributed by atoms with Crippen molar-refractivity contribution in [2.45, 2.75) is 46.6 Å². The molecule has 0 bridgehead atoms. The number of nitrogens with one attached hydrogen (secondary N) is 1. The lowest BCUT2D eigenvalue weighted by Gasteiger charge is -2.41. The molecule has 1 fully saturated rings. The Morgan fingerprint density at radius 1 is 1.37 bits per heavy atom. The van der Waals surface area contributed by atoms with E-state index in [9.17, 15) is 9.59 Å². The normalized spacial score (nSPS) is 28.8. The molecule has 1 rings (SSSR count). The molecule has 110 valence electrons. The second-order valence-corrected chi connectivity index (χ2v) is 5.84. The molecule has 0 aromatic heterocycles. The number of rotatable bonds is 4. The summed E-state index contributed by atoms with van der Waals surface area (Å²) in [6.45, 7) is 9.14. The summed E-state index contributed by atoms with van der Waals surface area (Å²) in [5, 5.41) is 11.7. The number of carboxylic acids is 1. The summed E-state index contributed by atoms with van der Waals surface area (Å²) in [4.78, 5) is 24.9. The van der Waals surface area contributed by atoms with Crippen LogP contribution in [0.1, 0.15) is 40.5 Å². The molecule has 5 nitrogen and oxygen atoms in total. The minimum Gasteiger partial charge on any atom is -0.481 e. The highest BCUT2D eigenvalue weighted by Gasteiger charge is 2.32. The van der Waals surface area contributed by atoms with Gasteiger partial charge in [-0.1, -0.05) is 20.8 Å². The lowest BCUT2D eigenvalue weighted by atomic mass is 9.86. The number of hydrogen-bond donors (Lipinski definition) is 2. The van der Waals surface area contributed by atoms with Gasteiger partial charge in [0.2, 0.25) is 0 Å². The van der Waals surface area contributed by atoms with E-state index in [1.807, 2.05) is 11.8 Å². The first-order valence-corrected chi connectivity index (χ1v) is 7.14. The van der Waals surface area contributed by atoms with Crippen LogP contribution < -0.4 is 5.32 Å². The van der Waals surface area contributed by atoms with Crippen LogP contribution in [0.2, 0.25) is 0 Å². The lowest BCUT2D eigenvalue weighted by Crippen LogP contribution is -2.53. The van der Waals surface area contributed by atoms with Gasteiger partial charge in [-0.25, -0.2) is 4.79 Å². The van der Waals surface area contributed by atoms with Crippen molar-refractivity contribution in [1.82, 2.24) is 10.2 Å². The number of urea groups is 1. The van der Waals surface area contributed by atoms with Gasteiger partial charge in [-0.05, 0) is 31.6 Å². The average Bonchev–Trinajstić information content (AvgIpc) is 2.33. The molecule has 2 amide bonds. The molecule has 0 spiro atoms. The fourth-order valence-electron chi connectivity index (χ4n) is 2.70. The molecule has 5 heteroatoms. The number of carboxylic acid groups (broad SMARTS) is 1. The first-order valence-electron chi connectivity index (χ1n) is 7.14. The maximum absolute atomic E-state index is 12.2. The fraction of sp³-hybridized carbons (Fsp3) is 0.857. The molecule has 1 heterocycles. The molecule has 0 aromatic rings. The Morgan fingerprint density at radius 2 is 2.00 bits per heavy atom. The molecular formula is C14H26N2O3. The van der Waals surface area contributed by atoms with Crippen molar-refractivity contribution >= 4 is 12.0 Å². The van der Waals surface area contributed by atoms with E-state index in [2.05, 4.69) is 26.1 Å². The van der Waals surface area contributed by atoms with E-state index in [1.165, 1.54) is 0 Å². The second-order valence-electron chi connectivity index (χ2n) is 5.84. The van der Waals surface area contributed by atoms with Gasteiger partial charge in [0.25, 0.3) is 0 Å². The van der Waals surface area contributed by atoms with E-state index in [0.29, 0.717) is 18.3 Å². The highest BCUT2D eigenvalue weighted by atomic mass is 16.4. The van der Waals surface area contributed by atoms with Crippen molar-refractivity contribution in [2.75, 3.05) is 13.1 Å². The Balaban J connectivity index is 2.54. The van der Waals surface area contributed by atoms with Crippen LogP contribution >= 0.6 is 0 Å². The van der Waals surface area contributed by atoms with Crippen molar-refractivity contribution in [2.24, 2.45) is 17.8 Å². The van der Waals surface area contributed by atoms with Crippen LogP contribution in [-0.2, 0) is 4.79 Å². The molecule has 4 atom stereocenters. The van der Waals surface area contributed by atoms with Crippen LogP contribution in [0.5, 0.6) is 0 Å². The fourth-order valence-corrected chi connectivity index (χ4v) is 2.70. The minimum absolute atomic E-state index is 0.134. The summed E-state index contributed by atoms with van der Waals surface area (Å²) in [7, 11) is 0. The summed E-state index contributed by atoms with van der Waals surface area (Å²) >= 11 is 0. The van der Waals surface area contributed by atoms with Gasteiger partial charge in [-0.2, -0.15) is 0 Å². The van der Waals surface area contributed by atoms with Crippen LogP contribution in [0.15, 0.2) is 0 Å². The zero-order valence-corrected chi connectivity index (χ0v) is 12.3. The summed E-state index contributed by atoms with van der Waals surface area (Å²) in [6, 6.07) is 0.0757. The molecule has 2 N–H and O–H groups in total. The number of likely N-dealkylation sites (tertiary alicyclic amines) is 1. The van der Waals surface area contributed by atoms with Crippen LogP contribution in [0.4, 0.5) is 4.79 Å². The van der Waals surface area contributed by atoms with E-state index in [-0.39, 0.29) is 18.6 Å². The summed E-state index contributed by atoms with van der Waals surface area (Å²) in [5.41, 5.74) is 0. The van der Waals surface area contributed by atoms with Gasteiger partial charge in [0.15, 0.2) is 0 Å². The third kappa shape index (κ3) is 4.11. The molecule has 0 aliphatic carbocycles. The molecule has 0 aromatic carbocycles. The van der Waals surface area contributed by atoms with Gasteiger partial charge in [-0.15, -0.1) is 0 Å². The monoisotopic (exact) mass is 270 g/mol. The Hall–Kier alpha value is -1.26. The SMILES string of the molecule is CCC(CNC(=O)N1CC(C)CC(C)C1C)C(=O)O. The smallest absolute Gasteiger partial charge is 0.317 e.